The number of hydrogen-bond acceptors (Lipinski definition) is 4. The molecule has 183 valence electrons. The smallest absolute Gasteiger partial charge is 0.403 e. The molecule has 1 atom stereocenters. The third-order valence-electron chi connectivity index (χ3n) is 8.65. The van der Waals surface area contributed by atoms with Crippen molar-refractivity contribution in [3.63, 3.8) is 0 Å². The van der Waals surface area contributed by atoms with Crippen LogP contribution in [0, 0.1) is 6.92 Å². The monoisotopic (exact) mass is 471 g/mol. The van der Waals surface area contributed by atoms with Gasteiger partial charge in [0.15, 0.2) is 0 Å². The maximum atomic E-state index is 6.68. The zero-order chi connectivity index (χ0) is 24.8. The molecule has 3 rings (SSSR count). The van der Waals surface area contributed by atoms with E-state index in [4.69, 9.17) is 18.6 Å². The van der Waals surface area contributed by atoms with Crippen LogP contribution in [0.15, 0.2) is 24.3 Å². The highest BCUT2D eigenvalue weighted by Gasteiger charge is 2.63. The second-order valence-electron chi connectivity index (χ2n) is 12.0. The Morgan fingerprint density at radius 2 is 1.06 bits per heavy atom. The average Bonchev–Trinajstić information content (AvgIpc) is 3.04. The third-order valence-corrected chi connectivity index (χ3v) is 11.7. The summed E-state index contributed by atoms with van der Waals surface area (Å²) in [5, 5.41) is 0. The molecule has 1 radical (unpaired) electrons. The Morgan fingerprint density at radius 3 is 1.39 bits per heavy atom. The molecule has 0 bridgehead atoms. The van der Waals surface area contributed by atoms with Gasteiger partial charge < -0.3 is 18.6 Å². The average molecular weight is 471 g/mol. The fraction of sp³-hybridized carbons (Fsp3) is 0.769. The first-order chi connectivity index (χ1) is 15.1. The molecule has 0 aromatic heterocycles. The summed E-state index contributed by atoms with van der Waals surface area (Å²) < 4.78 is 26.7. The molecule has 1 aromatic carbocycles. The van der Waals surface area contributed by atoms with Gasteiger partial charge in [0.05, 0.1) is 22.4 Å². The van der Waals surface area contributed by atoms with Crippen molar-refractivity contribution in [2.24, 2.45) is 0 Å². The van der Waals surface area contributed by atoms with Crippen molar-refractivity contribution in [2.75, 3.05) is 0 Å². The lowest BCUT2D eigenvalue weighted by atomic mass is 9.46. The standard InChI is InChI=1S/C26H45B2O4Si/c1-12-33(13-2)18-21(20-16-14-19(3)15-17-20)22(27-29-23(4,5)24(6,7)30-27)28-31-25(8,9)26(10,11)32-28/h14-17,21-22H,12-13,18H2,1-11H3. The van der Waals surface area contributed by atoms with E-state index >= 15 is 0 Å². The van der Waals surface area contributed by atoms with Gasteiger partial charge in [-0.2, -0.15) is 0 Å². The van der Waals surface area contributed by atoms with Crippen molar-refractivity contribution in [3.8, 4) is 0 Å². The van der Waals surface area contributed by atoms with E-state index in [1.165, 1.54) is 23.2 Å². The molecular weight excluding hydrogens is 426 g/mol. The molecule has 0 aliphatic carbocycles. The minimum Gasteiger partial charge on any atom is -0.403 e. The molecule has 2 aliphatic heterocycles. The largest absolute Gasteiger partial charge is 0.459 e. The molecule has 4 nitrogen and oxygen atoms in total. The summed E-state index contributed by atoms with van der Waals surface area (Å²) in [5.41, 5.74) is 0.937. The fourth-order valence-electron chi connectivity index (χ4n) is 4.74. The van der Waals surface area contributed by atoms with Crippen LogP contribution in [0.5, 0.6) is 0 Å². The highest BCUT2D eigenvalue weighted by atomic mass is 28.3. The van der Waals surface area contributed by atoms with E-state index in [0.29, 0.717) is 0 Å². The van der Waals surface area contributed by atoms with Crippen LogP contribution in [0.1, 0.15) is 86.3 Å². The minimum atomic E-state index is -0.517. The number of rotatable bonds is 8. The Labute approximate surface area is 205 Å². The van der Waals surface area contributed by atoms with Crippen LogP contribution >= 0.6 is 0 Å². The maximum absolute atomic E-state index is 6.68. The highest BCUT2D eigenvalue weighted by molar-refractivity contribution is 6.69. The van der Waals surface area contributed by atoms with Gasteiger partial charge in [-0.15, -0.1) is 0 Å². The second kappa shape index (κ2) is 9.46. The van der Waals surface area contributed by atoms with E-state index in [2.05, 4.69) is 100 Å². The van der Waals surface area contributed by atoms with Crippen molar-refractivity contribution in [1.29, 1.82) is 0 Å². The van der Waals surface area contributed by atoms with Gasteiger partial charge in [-0.3, -0.25) is 0 Å². The quantitative estimate of drug-likeness (QED) is 0.395. The Balaban J connectivity index is 2.09. The van der Waals surface area contributed by atoms with Gasteiger partial charge in [-0.05, 0) is 73.8 Å². The summed E-state index contributed by atoms with van der Waals surface area (Å²) in [5.74, 6) is 0.240. The fourth-order valence-corrected chi connectivity index (χ4v) is 6.95. The van der Waals surface area contributed by atoms with Crippen LogP contribution in [0.25, 0.3) is 0 Å². The molecule has 1 aromatic rings. The molecule has 2 fully saturated rings. The van der Waals surface area contributed by atoms with Gasteiger partial charge in [0.25, 0.3) is 0 Å². The van der Waals surface area contributed by atoms with Gasteiger partial charge in [-0.1, -0.05) is 61.8 Å². The third kappa shape index (κ3) is 5.33. The molecule has 0 N–H and O–H groups in total. The van der Waals surface area contributed by atoms with E-state index in [1.54, 1.807) is 0 Å². The summed E-state index contributed by atoms with van der Waals surface area (Å²) in [6.45, 7) is 23.8. The van der Waals surface area contributed by atoms with Crippen molar-refractivity contribution in [1.82, 2.24) is 0 Å². The molecule has 1 unspecified atom stereocenters. The molecule has 2 heterocycles. The minimum absolute atomic E-state index is 0.0621. The first-order valence-electron chi connectivity index (χ1n) is 12.8. The van der Waals surface area contributed by atoms with Crippen molar-refractivity contribution in [2.45, 2.75) is 128 Å². The van der Waals surface area contributed by atoms with Crippen LogP contribution in [0.2, 0.25) is 23.8 Å². The highest BCUT2D eigenvalue weighted by Crippen LogP contribution is 2.51. The molecule has 0 saturated carbocycles. The van der Waals surface area contributed by atoms with E-state index in [0.717, 1.165) is 6.04 Å². The van der Waals surface area contributed by atoms with E-state index in [1.807, 2.05) is 0 Å². The Morgan fingerprint density at radius 1 is 0.697 bits per heavy atom. The zero-order valence-electron chi connectivity index (χ0n) is 22.9. The Hall–Kier alpha value is -0.593. The van der Waals surface area contributed by atoms with Crippen molar-refractivity contribution < 1.29 is 18.6 Å². The van der Waals surface area contributed by atoms with E-state index in [9.17, 15) is 0 Å². The predicted molar refractivity (Wildman–Crippen MR) is 141 cm³/mol. The van der Waals surface area contributed by atoms with Gasteiger partial charge in [0.2, 0.25) is 0 Å². The van der Waals surface area contributed by atoms with Crippen molar-refractivity contribution >= 4 is 23.0 Å². The lowest BCUT2D eigenvalue weighted by Gasteiger charge is -2.32. The molecule has 0 spiro atoms. The Bertz CT molecular complexity index is 737. The van der Waals surface area contributed by atoms with Gasteiger partial charge in [0.1, 0.15) is 0 Å². The summed E-state index contributed by atoms with van der Waals surface area (Å²) >= 11 is 0. The normalized spacial score (nSPS) is 24.2. The molecule has 33 heavy (non-hydrogen) atoms. The lowest BCUT2D eigenvalue weighted by Crippen LogP contribution is -2.42. The maximum Gasteiger partial charge on any atom is 0.459 e. The summed E-state index contributed by atoms with van der Waals surface area (Å²) in [6, 6.07) is 12.7. The topological polar surface area (TPSA) is 36.9 Å². The molecule has 0 amide bonds. The van der Waals surface area contributed by atoms with Crippen LogP contribution in [-0.4, -0.2) is 45.4 Å². The first kappa shape index (κ1) is 27.0. The van der Waals surface area contributed by atoms with Crippen LogP contribution in [0.3, 0.4) is 0 Å². The van der Waals surface area contributed by atoms with Gasteiger partial charge in [0, 0.05) is 14.5 Å². The lowest BCUT2D eigenvalue weighted by molar-refractivity contribution is 0.00578. The number of aryl methyl sites for hydroxylation is 1. The van der Waals surface area contributed by atoms with Crippen LogP contribution in [-0.2, 0) is 18.6 Å². The van der Waals surface area contributed by atoms with Crippen LogP contribution in [0.4, 0.5) is 0 Å². The zero-order valence-corrected chi connectivity index (χ0v) is 23.9. The summed E-state index contributed by atoms with van der Waals surface area (Å²) in [7, 11) is -1.31. The molecule has 2 saturated heterocycles. The second-order valence-corrected chi connectivity index (χ2v) is 15.3. The number of hydrogen-bond donors (Lipinski definition) is 0. The molecule has 2 aliphatic rings. The van der Waals surface area contributed by atoms with Gasteiger partial charge in [-0.25, -0.2) is 0 Å². The predicted octanol–water partition coefficient (Wildman–Crippen LogP) is 6.71. The Kier molecular flexibility index (Phi) is 7.74. The summed E-state index contributed by atoms with van der Waals surface area (Å²) in [6.07, 6.45) is 0. The van der Waals surface area contributed by atoms with Gasteiger partial charge >= 0.3 is 14.2 Å². The molecule has 7 heteroatoms. The van der Waals surface area contributed by atoms with E-state index < -0.39 is 45.4 Å². The van der Waals surface area contributed by atoms with E-state index in [-0.39, 0.29) is 11.6 Å². The van der Waals surface area contributed by atoms with Crippen molar-refractivity contribution in [3.05, 3.63) is 35.4 Å². The first-order valence-corrected chi connectivity index (χ1v) is 14.9. The summed E-state index contributed by atoms with van der Waals surface area (Å²) in [4.78, 5) is 0. The number of benzene rings is 1. The van der Waals surface area contributed by atoms with Crippen LogP contribution < -0.4 is 0 Å². The SMILES string of the molecule is CC[Si](CC)CC(c1ccc(C)cc1)C(B1OC(C)(C)C(C)(C)O1)B1OC(C)(C)C(C)(C)O1. The molecular formula is C26H45B2O4Si.